The van der Waals surface area contributed by atoms with Crippen molar-refractivity contribution in [3.8, 4) is 0 Å². The monoisotopic (exact) mass is 250 g/mol. The average Bonchev–Trinajstić information content (AvgIpc) is 2.34. The molecule has 0 aromatic heterocycles. The third-order valence-electron chi connectivity index (χ3n) is 3.46. The van der Waals surface area contributed by atoms with Crippen LogP contribution in [0, 0.1) is 18.7 Å². The number of hydrogen-bond donors (Lipinski definition) is 2. The summed E-state index contributed by atoms with van der Waals surface area (Å²) in [6.07, 6.45) is 1.61. The maximum Gasteiger partial charge on any atom is 0.227 e. The molecule has 2 rings (SSSR count). The lowest BCUT2D eigenvalue weighted by Crippen LogP contribution is -2.40. The number of carbonyl (C=O) groups excluding carboxylic acids is 1. The predicted molar refractivity (Wildman–Crippen MR) is 70.0 cm³/mol. The van der Waals surface area contributed by atoms with E-state index >= 15 is 0 Å². The zero-order chi connectivity index (χ0) is 13.1. The first kappa shape index (κ1) is 13.0. The van der Waals surface area contributed by atoms with Gasteiger partial charge in [-0.2, -0.15) is 0 Å². The summed E-state index contributed by atoms with van der Waals surface area (Å²) in [4.78, 5) is 12.1. The van der Waals surface area contributed by atoms with Gasteiger partial charge in [0.25, 0.3) is 0 Å². The first-order chi connectivity index (χ1) is 8.58. The van der Waals surface area contributed by atoms with Gasteiger partial charge in [0.15, 0.2) is 0 Å². The molecule has 1 fully saturated rings. The van der Waals surface area contributed by atoms with Gasteiger partial charge < -0.3 is 10.6 Å². The summed E-state index contributed by atoms with van der Waals surface area (Å²) >= 11 is 0. The molecular formula is C14H19FN2O. The first-order valence-electron chi connectivity index (χ1n) is 6.37. The molecule has 3 nitrogen and oxygen atoms in total. The van der Waals surface area contributed by atoms with Crippen LogP contribution in [0.2, 0.25) is 0 Å². The number of rotatable bonds is 2. The minimum Gasteiger partial charge on any atom is -0.323 e. The van der Waals surface area contributed by atoms with E-state index in [1.807, 2.05) is 0 Å². The van der Waals surface area contributed by atoms with Crippen LogP contribution in [0.1, 0.15) is 25.3 Å². The molecule has 1 amide bonds. The van der Waals surface area contributed by atoms with E-state index in [-0.39, 0.29) is 17.6 Å². The fraction of sp³-hybridized carbons (Fsp3) is 0.500. The number of amides is 1. The zero-order valence-corrected chi connectivity index (χ0v) is 10.8. The van der Waals surface area contributed by atoms with Gasteiger partial charge in [-0.1, -0.05) is 12.1 Å². The highest BCUT2D eigenvalue weighted by Crippen LogP contribution is 2.22. The summed E-state index contributed by atoms with van der Waals surface area (Å²) < 4.78 is 13.6. The maximum atomic E-state index is 13.6. The van der Waals surface area contributed by atoms with E-state index in [9.17, 15) is 9.18 Å². The molecule has 1 saturated heterocycles. The number of hydrogen-bond acceptors (Lipinski definition) is 2. The number of para-hydroxylation sites is 1. The van der Waals surface area contributed by atoms with Crippen LogP contribution in [-0.4, -0.2) is 18.5 Å². The van der Waals surface area contributed by atoms with Gasteiger partial charge in [0, 0.05) is 12.0 Å². The number of anilines is 1. The normalized spacial score (nSPS) is 23.7. The third kappa shape index (κ3) is 2.88. The molecule has 1 aliphatic rings. The lowest BCUT2D eigenvalue weighted by Gasteiger charge is -2.27. The van der Waals surface area contributed by atoms with E-state index in [2.05, 4.69) is 17.6 Å². The van der Waals surface area contributed by atoms with E-state index in [1.165, 1.54) is 6.07 Å². The predicted octanol–water partition coefficient (Wildman–Crippen LogP) is 2.46. The van der Waals surface area contributed by atoms with E-state index in [0.29, 0.717) is 11.7 Å². The number of nitrogens with one attached hydrogen (secondary N) is 2. The molecule has 1 aromatic carbocycles. The molecule has 4 heteroatoms. The van der Waals surface area contributed by atoms with Gasteiger partial charge >= 0.3 is 0 Å². The van der Waals surface area contributed by atoms with Crippen LogP contribution in [0.25, 0.3) is 0 Å². The molecule has 98 valence electrons. The second-order valence-corrected chi connectivity index (χ2v) is 5.00. The summed E-state index contributed by atoms with van der Waals surface area (Å²) in [6, 6.07) is 5.15. The van der Waals surface area contributed by atoms with Gasteiger partial charge in [-0.3, -0.25) is 4.79 Å². The molecule has 18 heavy (non-hydrogen) atoms. The van der Waals surface area contributed by atoms with Crippen molar-refractivity contribution >= 4 is 11.6 Å². The lowest BCUT2D eigenvalue weighted by atomic mass is 9.92. The Morgan fingerprint density at radius 1 is 1.50 bits per heavy atom. The molecular weight excluding hydrogens is 231 g/mol. The van der Waals surface area contributed by atoms with Crippen molar-refractivity contribution in [2.75, 3.05) is 11.9 Å². The standard InChI is InChI=1S/C14H19FN2O/c1-9-4-3-5-12(15)13(9)17-14(18)11-6-7-16-10(2)8-11/h3-5,10-11,16H,6-8H2,1-2H3,(H,17,18). The highest BCUT2D eigenvalue weighted by atomic mass is 19.1. The van der Waals surface area contributed by atoms with Crippen LogP contribution in [0.3, 0.4) is 0 Å². The number of piperidine rings is 1. The summed E-state index contributed by atoms with van der Waals surface area (Å²) in [5.74, 6) is -0.470. The van der Waals surface area contributed by atoms with Crippen LogP contribution in [0.15, 0.2) is 18.2 Å². The van der Waals surface area contributed by atoms with Gasteiger partial charge in [-0.15, -0.1) is 0 Å². The highest BCUT2D eigenvalue weighted by molar-refractivity contribution is 5.93. The maximum absolute atomic E-state index is 13.6. The highest BCUT2D eigenvalue weighted by Gasteiger charge is 2.25. The Balaban J connectivity index is 2.07. The van der Waals surface area contributed by atoms with Gasteiger partial charge in [-0.25, -0.2) is 4.39 Å². The second-order valence-electron chi connectivity index (χ2n) is 5.00. The molecule has 2 N–H and O–H groups in total. The van der Waals surface area contributed by atoms with Crippen molar-refractivity contribution < 1.29 is 9.18 Å². The molecule has 2 unspecified atom stereocenters. The van der Waals surface area contributed by atoms with E-state index in [4.69, 9.17) is 0 Å². The quantitative estimate of drug-likeness (QED) is 0.846. The molecule has 0 bridgehead atoms. The Morgan fingerprint density at radius 3 is 2.94 bits per heavy atom. The fourth-order valence-electron chi connectivity index (χ4n) is 2.39. The van der Waals surface area contributed by atoms with Crippen molar-refractivity contribution in [1.29, 1.82) is 0 Å². The Morgan fingerprint density at radius 2 is 2.28 bits per heavy atom. The fourth-order valence-corrected chi connectivity index (χ4v) is 2.39. The summed E-state index contributed by atoms with van der Waals surface area (Å²) in [5.41, 5.74) is 1.07. The average molecular weight is 250 g/mol. The SMILES string of the molecule is Cc1cccc(F)c1NC(=O)C1CCNC(C)C1. The number of aryl methyl sites for hydroxylation is 1. The minimum atomic E-state index is -0.370. The summed E-state index contributed by atoms with van der Waals surface area (Å²) in [5, 5.41) is 6.03. The van der Waals surface area contributed by atoms with Crippen molar-refractivity contribution in [2.24, 2.45) is 5.92 Å². The number of benzene rings is 1. The van der Waals surface area contributed by atoms with E-state index < -0.39 is 0 Å². The van der Waals surface area contributed by atoms with E-state index in [0.717, 1.165) is 24.9 Å². The molecule has 0 aliphatic carbocycles. The molecule has 1 aromatic rings. The third-order valence-corrected chi connectivity index (χ3v) is 3.46. The largest absolute Gasteiger partial charge is 0.323 e. The number of halogens is 1. The van der Waals surface area contributed by atoms with Crippen molar-refractivity contribution in [2.45, 2.75) is 32.7 Å². The van der Waals surface area contributed by atoms with Crippen LogP contribution in [0.4, 0.5) is 10.1 Å². The van der Waals surface area contributed by atoms with Crippen LogP contribution < -0.4 is 10.6 Å². The summed E-state index contributed by atoms with van der Waals surface area (Å²) in [6.45, 7) is 4.70. The Kier molecular flexibility index (Phi) is 3.97. The summed E-state index contributed by atoms with van der Waals surface area (Å²) in [7, 11) is 0. The molecule has 1 heterocycles. The Hall–Kier alpha value is -1.42. The smallest absolute Gasteiger partial charge is 0.227 e. The number of carbonyl (C=O) groups is 1. The van der Waals surface area contributed by atoms with Crippen molar-refractivity contribution in [1.82, 2.24) is 5.32 Å². The Bertz CT molecular complexity index is 427. The Labute approximate surface area is 107 Å². The second kappa shape index (κ2) is 5.48. The minimum absolute atomic E-state index is 0.0275. The lowest BCUT2D eigenvalue weighted by molar-refractivity contribution is -0.120. The van der Waals surface area contributed by atoms with E-state index in [1.54, 1.807) is 19.1 Å². The van der Waals surface area contributed by atoms with Gasteiger partial charge in [0.2, 0.25) is 5.91 Å². The van der Waals surface area contributed by atoms with Crippen LogP contribution in [-0.2, 0) is 4.79 Å². The van der Waals surface area contributed by atoms with Crippen molar-refractivity contribution in [3.63, 3.8) is 0 Å². The first-order valence-corrected chi connectivity index (χ1v) is 6.37. The van der Waals surface area contributed by atoms with Crippen LogP contribution in [0.5, 0.6) is 0 Å². The molecule has 1 aliphatic heterocycles. The van der Waals surface area contributed by atoms with Gasteiger partial charge in [0.05, 0.1) is 5.69 Å². The molecule has 0 spiro atoms. The topological polar surface area (TPSA) is 41.1 Å². The molecule has 0 saturated carbocycles. The van der Waals surface area contributed by atoms with Gasteiger partial charge in [-0.05, 0) is 44.9 Å². The molecule has 2 atom stereocenters. The van der Waals surface area contributed by atoms with Gasteiger partial charge in [0.1, 0.15) is 5.82 Å². The van der Waals surface area contributed by atoms with Crippen molar-refractivity contribution in [3.05, 3.63) is 29.6 Å². The van der Waals surface area contributed by atoms with Crippen LogP contribution >= 0.6 is 0 Å². The molecule has 0 radical (unpaired) electrons. The zero-order valence-electron chi connectivity index (χ0n) is 10.8.